The highest BCUT2D eigenvalue weighted by atomic mass is 32.1. The molecular weight excluding hydrogens is 850 g/mol. The van der Waals surface area contributed by atoms with Gasteiger partial charge in [-0.15, -0.1) is 11.3 Å². The number of carbonyl (C=O) groups is 6. The summed E-state index contributed by atoms with van der Waals surface area (Å²) < 4.78 is 45.6. The van der Waals surface area contributed by atoms with Crippen LogP contribution in [-0.4, -0.2) is 108 Å². The van der Waals surface area contributed by atoms with Gasteiger partial charge in [-0.05, 0) is 94.4 Å². The third kappa shape index (κ3) is 9.44. The van der Waals surface area contributed by atoms with Crippen molar-refractivity contribution >= 4 is 59.4 Å². The van der Waals surface area contributed by atoms with Crippen LogP contribution in [-0.2, 0) is 46.2 Å². The summed E-state index contributed by atoms with van der Waals surface area (Å²) in [6.07, 6.45) is 0.287. The molecule has 5 fully saturated rings. The quantitative estimate of drug-likeness (QED) is 0.112. The molecule has 5 aliphatic rings. The molecule has 3 saturated carbocycles. The molecule has 8 rings (SSSR count). The number of aromatic nitrogens is 1. The summed E-state index contributed by atoms with van der Waals surface area (Å²) in [7, 11) is 0.214. The Morgan fingerprint density at radius 3 is 2.45 bits per heavy atom. The first kappa shape index (κ1) is 46.4. The first-order chi connectivity index (χ1) is 30.2. The lowest BCUT2D eigenvalue weighted by atomic mass is 9.43. The zero-order valence-corrected chi connectivity index (χ0v) is 38.0. The summed E-state index contributed by atoms with van der Waals surface area (Å²) in [4.78, 5) is 87.3. The number of nitrogens with zero attached hydrogens (tertiary/aromatic N) is 3. The van der Waals surface area contributed by atoms with E-state index in [1.54, 1.807) is 52.0 Å². The van der Waals surface area contributed by atoms with Crippen molar-refractivity contribution in [2.45, 2.75) is 104 Å². The summed E-state index contributed by atoms with van der Waals surface area (Å²) in [5.74, 6) is -4.98. The van der Waals surface area contributed by atoms with Gasteiger partial charge in [0.15, 0.2) is 11.2 Å². The number of urea groups is 1. The maximum atomic E-state index is 15.5. The third-order valence-corrected chi connectivity index (χ3v) is 13.5. The molecule has 2 bridgehead atoms. The summed E-state index contributed by atoms with van der Waals surface area (Å²) >= 11 is 0.944. The highest BCUT2D eigenvalue weighted by Crippen LogP contribution is 2.65. The highest BCUT2D eigenvalue weighted by Gasteiger charge is 2.68. The van der Waals surface area contributed by atoms with Crippen molar-refractivity contribution in [3.63, 3.8) is 0 Å². The van der Waals surface area contributed by atoms with Gasteiger partial charge < -0.3 is 39.1 Å². The van der Waals surface area contributed by atoms with Crippen LogP contribution in [0.4, 0.5) is 19.1 Å². The minimum atomic E-state index is -1.63. The molecule has 3 N–H and O–H groups in total. The van der Waals surface area contributed by atoms with Gasteiger partial charge >= 0.3 is 37.0 Å². The van der Waals surface area contributed by atoms with Crippen LogP contribution in [0.15, 0.2) is 47.8 Å². The van der Waals surface area contributed by atoms with E-state index < -0.39 is 71.9 Å². The maximum Gasteiger partial charge on any atom is 0.482 e. The molecule has 3 aliphatic carbocycles. The lowest BCUT2D eigenvalue weighted by Crippen LogP contribution is -2.65. The molecule has 1 aromatic heterocycles. The van der Waals surface area contributed by atoms with Crippen LogP contribution in [0.3, 0.4) is 0 Å². The zero-order chi connectivity index (χ0) is 46.3. The number of halogens is 1. The molecule has 2 aromatic carbocycles. The summed E-state index contributed by atoms with van der Waals surface area (Å²) in [6.45, 7) is 13.3. The molecule has 3 aromatic rings. The molecule has 3 heterocycles. The Labute approximate surface area is 375 Å². The van der Waals surface area contributed by atoms with Crippen molar-refractivity contribution in [2.24, 2.45) is 17.3 Å². The van der Waals surface area contributed by atoms with Gasteiger partial charge in [-0.1, -0.05) is 44.2 Å². The number of imide groups is 1. The van der Waals surface area contributed by atoms with Crippen LogP contribution in [0.1, 0.15) is 94.5 Å². The number of hydrogen-bond acceptors (Lipinski definition) is 13. The number of piperazine rings is 1. The monoisotopic (exact) mass is 904 g/mol. The first-order valence-corrected chi connectivity index (χ1v) is 22.2. The third-order valence-electron chi connectivity index (χ3n) is 12.7. The van der Waals surface area contributed by atoms with E-state index in [0.29, 0.717) is 12.3 Å². The van der Waals surface area contributed by atoms with Crippen LogP contribution in [0.25, 0.3) is 0 Å². The Kier molecular flexibility index (Phi) is 13.1. The second-order valence-corrected chi connectivity index (χ2v) is 19.2. The van der Waals surface area contributed by atoms with E-state index in [1.165, 1.54) is 23.5 Å². The Morgan fingerprint density at radius 1 is 1.05 bits per heavy atom. The largest absolute Gasteiger partial charge is 0.496 e. The number of amides is 6. The Bertz CT molecular complexity index is 2310. The molecule has 64 heavy (non-hydrogen) atoms. The number of methoxy groups -OCH3 is 1. The Hall–Kier alpha value is -5.60. The fourth-order valence-corrected chi connectivity index (χ4v) is 10.0. The second-order valence-electron chi connectivity index (χ2n) is 18.3. The van der Waals surface area contributed by atoms with E-state index in [0.717, 1.165) is 34.3 Å². The van der Waals surface area contributed by atoms with Gasteiger partial charge in [0.2, 0.25) is 5.91 Å². The minimum Gasteiger partial charge on any atom is -0.496 e. The molecule has 2 saturated heterocycles. The van der Waals surface area contributed by atoms with Crippen molar-refractivity contribution < 1.29 is 56.7 Å². The van der Waals surface area contributed by atoms with E-state index in [1.807, 2.05) is 13.0 Å². The Morgan fingerprint density at radius 2 is 1.78 bits per heavy atom. The molecule has 17 nitrogen and oxygen atoms in total. The predicted octanol–water partition coefficient (Wildman–Crippen LogP) is 5.43. The molecule has 6 amide bonds. The summed E-state index contributed by atoms with van der Waals surface area (Å²) in [6, 6.07) is 8.54. The van der Waals surface area contributed by atoms with Crippen molar-refractivity contribution in [3.8, 4) is 5.75 Å². The number of esters is 1. The van der Waals surface area contributed by atoms with Crippen molar-refractivity contribution in [1.29, 1.82) is 0 Å². The number of ether oxygens (including phenoxy) is 3. The van der Waals surface area contributed by atoms with Crippen molar-refractivity contribution in [3.05, 3.63) is 76.0 Å². The highest BCUT2D eigenvalue weighted by molar-refractivity contribution is 7.13. The standard InChI is InChI=1S/C44H54BFN6O11S/c1-9-51-15-16-52(37(55)36(51)54)40(57)49-33(29-23-64-39(47-29)50-41(58)60-22-24-13-11-10-12-14-24)35(53)48-32(45-62-31-20-26-19-30(43(26,5)6)44(31,7)63-45)18-25-17-27(46)21-28(34(25)59-8)38(56)61-42(2,3)4/h10-14,17,21,23,26,30-33H,9,15-16,18-20,22H2,1-8H3,(H,48,53)(H,49,57)(H,47,50,58)/t26?,30?,31?,32?,33?,44-/m0/s1. The SMILES string of the molecule is CCN1CCN(C(=O)NC(C(=O)NC(Cc2cc(F)cc(C(=O)OC(C)(C)C)c2OC)B2OC3CC4CC(C4(C)C)[C@]3(C)O2)c2csc(NC(=O)OCc3ccccc3)n2)C(=O)C1=O. The normalized spacial score (nSPS) is 23.3. The minimum absolute atomic E-state index is 0.00790. The van der Waals surface area contributed by atoms with Crippen LogP contribution in [0.2, 0.25) is 0 Å². The molecule has 342 valence electrons. The lowest BCUT2D eigenvalue weighted by Gasteiger charge is -2.64. The molecule has 2 aliphatic heterocycles. The number of hydrogen-bond donors (Lipinski definition) is 3. The molecule has 0 radical (unpaired) electrons. The van der Waals surface area contributed by atoms with Gasteiger partial charge in [0.25, 0.3) is 0 Å². The summed E-state index contributed by atoms with van der Waals surface area (Å²) in [5.41, 5.74) is -0.968. The second kappa shape index (κ2) is 18.1. The average molecular weight is 905 g/mol. The van der Waals surface area contributed by atoms with Gasteiger partial charge in [0, 0.05) is 25.0 Å². The van der Waals surface area contributed by atoms with Crippen molar-refractivity contribution in [1.82, 2.24) is 25.4 Å². The lowest BCUT2D eigenvalue weighted by molar-refractivity contribution is -0.199. The van der Waals surface area contributed by atoms with Crippen LogP contribution in [0, 0.1) is 23.1 Å². The first-order valence-electron chi connectivity index (χ1n) is 21.3. The van der Waals surface area contributed by atoms with Gasteiger partial charge in [0.05, 0.1) is 30.4 Å². The number of benzene rings is 2. The van der Waals surface area contributed by atoms with Gasteiger partial charge in [0.1, 0.15) is 29.3 Å². The fraction of sp³-hybridized carbons (Fsp3) is 0.523. The van der Waals surface area contributed by atoms with E-state index in [2.05, 4.69) is 34.8 Å². The molecule has 20 heteroatoms. The topological polar surface area (TPSA) is 204 Å². The Balaban J connectivity index is 1.21. The number of carbonyl (C=O) groups excluding carboxylic acids is 6. The summed E-state index contributed by atoms with van der Waals surface area (Å²) in [5, 5.41) is 9.53. The molecular formula is C44H54BFN6O11S. The van der Waals surface area contributed by atoms with Gasteiger partial charge in [-0.2, -0.15) is 0 Å². The van der Waals surface area contributed by atoms with Gasteiger partial charge in [-0.25, -0.2) is 23.8 Å². The molecule has 0 spiro atoms. The van der Waals surface area contributed by atoms with Crippen molar-refractivity contribution in [2.75, 3.05) is 32.1 Å². The zero-order valence-electron chi connectivity index (χ0n) is 37.2. The van der Waals surface area contributed by atoms with E-state index in [9.17, 15) is 28.8 Å². The average Bonchev–Trinajstić information content (AvgIpc) is 3.85. The molecule has 5 unspecified atom stereocenters. The number of nitrogens with one attached hydrogen (secondary N) is 3. The van der Waals surface area contributed by atoms with Crippen LogP contribution >= 0.6 is 11.3 Å². The van der Waals surface area contributed by atoms with Gasteiger partial charge in [-0.3, -0.25) is 24.6 Å². The fourth-order valence-electron chi connectivity index (χ4n) is 9.28. The van der Waals surface area contributed by atoms with Crippen LogP contribution in [0.5, 0.6) is 5.75 Å². The number of rotatable bonds is 13. The van der Waals surface area contributed by atoms with E-state index in [4.69, 9.17) is 23.5 Å². The molecule has 6 atom stereocenters. The van der Waals surface area contributed by atoms with E-state index >= 15 is 4.39 Å². The van der Waals surface area contributed by atoms with Crippen LogP contribution < -0.4 is 20.7 Å². The number of likely N-dealkylation sites (N-methyl/N-ethyl adjacent to an activating group) is 1. The maximum absolute atomic E-state index is 15.5. The number of thiazole rings is 1. The number of anilines is 1. The van der Waals surface area contributed by atoms with E-state index in [-0.39, 0.29) is 77.8 Å². The smallest absolute Gasteiger partial charge is 0.482 e. The predicted molar refractivity (Wildman–Crippen MR) is 231 cm³/mol.